The second-order valence-electron chi connectivity index (χ2n) is 6.65. The number of rotatable bonds is 6. The van der Waals surface area contributed by atoms with Crippen molar-refractivity contribution in [3.05, 3.63) is 30.1 Å². The second kappa shape index (κ2) is 8.13. The van der Waals surface area contributed by atoms with Gasteiger partial charge in [-0.3, -0.25) is 4.79 Å². The van der Waals surface area contributed by atoms with Gasteiger partial charge in [0.05, 0.1) is 4.90 Å². The van der Waals surface area contributed by atoms with E-state index in [-0.39, 0.29) is 17.4 Å². The standard InChI is InChI=1S/C17H23FN2O5S/c1-11(2)15(17(22)23)19-16(21)14-5-3-4-10-20(14)26(24,25)13-8-6-12(18)7-9-13/h6-9,11,14-15H,3-5,10H2,1-2H3,(H,19,21)(H,22,23)/t14-,15+/m0/s1. The molecule has 1 heterocycles. The second-order valence-corrected chi connectivity index (χ2v) is 8.54. The zero-order valence-electron chi connectivity index (χ0n) is 14.7. The average Bonchev–Trinajstić information content (AvgIpc) is 2.59. The predicted octanol–water partition coefficient (Wildman–Crippen LogP) is 1.59. The molecule has 144 valence electrons. The maximum absolute atomic E-state index is 13.1. The molecule has 1 saturated heterocycles. The highest BCUT2D eigenvalue weighted by molar-refractivity contribution is 7.89. The Balaban J connectivity index is 2.27. The zero-order valence-corrected chi connectivity index (χ0v) is 15.5. The SMILES string of the molecule is CC(C)[C@@H](NC(=O)[C@@H]1CCCCN1S(=O)(=O)c1ccc(F)cc1)C(=O)O. The molecule has 1 aromatic rings. The van der Waals surface area contributed by atoms with E-state index in [9.17, 15) is 27.5 Å². The third-order valence-corrected chi connectivity index (χ3v) is 6.33. The van der Waals surface area contributed by atoms with Crippen molar-refractivity contribution in [3.63, 3.8) is 0 Å². The Bertz CT molecular complexity index is 764. The van der Waals surface area contributed by atoms with E-state index in [0.717, 1.165) is 28.6 Å². The Labute approximate surface area is 152 Å². The number of carbonyl (C=O) groups is 2. The highest BCUT2D eigenvalue weighted by Gasteiger charge is 2.39. The van der Waals surface area contributed by atoms with Gasteiger partial charge in [0.1, 0.15) is 17.9 Å². The van der Waals surface area contributed by atoms with Gasteiger partial charge in [0.15, 0.2) is 0 Å². The number of nitrogens with one attached hydrogen (secondary N) is 1. The lowest BCUT2D eigenvalue weighted by Gasteiger charge is -2.34. The lowest BCUT2D eigenvalue weighted by molar-refractivity contribution is -0.143. The van der Waals surface area contributed by atoms with Crippen molar-refractivity contribution in [1.82, 2.24) is 9.62 Å². The highest BCUT2D eigenvalue weighted by atomic mass is 32.2. The summed E-state index contributed by atoms with van der Waals surface area (Å²) in [6.07, 6.45) is 1.56. The number of carbonyl (C=O) groups excluding carboxylic acids is 1. The van der Waals surface area contributed by atoms with Crippen LogP contribution < -0.4 is 5.32 Å². The first-order chi connectivity index (χ1) is 12.1. The molecule has 9 heteroatoms. The number of carboxylic acids is 1. The molecule has 0 aliphatic carbocycles. The van der Waals surface area contributed by atoms with Crippen LogP contribution in [0.1, 0.15) is 33.1 Å². The first kappa shape index (κ1) is 20.3. The summed E-state index contributed by atoms with van der Waals surface area (Å²) in [5, 5.41) is 11.7. The van der Waals surface area contributed by atoms with Gasteiger partial charge in [-0.1, -0.05) is 20.3 Å². The molecule has 1 aliphatic rings. The van der Waals surface area contributed by atoms with E-state index in [1.165, 1.54) is 0 Å². The fraction of sp³-hybridized carbons (Fsp3) is 0.529. The number of hydrogen-bond acceptors (Lipinski definition) is 4. The van der Waals surface area contributed by atoms with Crippen LogP contribution in [0.15, 0.2) is 29.2 Å². The van der Waals surface area contributed by atoms with Gasteiger partial charge in [-0.25, -0.2) is 17.6 Å². The number of piperidine rings is 1. The molecule has 1 aromatic carbocycles. The van der Waals surface area contributed by atoms with E-state index in [2.05, 4.69) is 5.32 Å². The summed E-state index contributed by atoms with van der Waals surface area (Å²) in [6, 6.07) is 2.32. The molecule has 0 aromatic heterocycles. The molecule has 2 atom stereocenters. The Morgan fingerprint density at radius 1 is 1.23 bits per heavy atom. The van der Waals surface area contributed by atoms with Gasteiger partial charge in [-0.05, 0) is 43.0 Å². The van der Waals surface area contributed by atoms with Gasteiger partial charge in [-0.15, -0.1) is 0 Å². The molecule has 2 rings (SSSR count). The Morgan fingerprint density at radius 2 is 1.85 bits per heavy atom. The summed E-state index contributed by atoms with van der Waals surface area (Å²) in [4.78, 5) is 23.8. The summed E-state index contributed by atoms with van der Waals surface area (Å²) < 4.78 is 39.9. The normalized spacial score (nSPS) is 19.9. The van der Waals surface area contributed by atoms with E-state index in [1.807, 2.05) is 0 Å². The largest absolute Gasteiger partial charge is 0.480 e. The average molecular weight is 386 g/mol. The van der Waals surface area contributed by atoms with Crippen molar-refractivity contribution in [2.75, 3.05) is 6.54 Å². The van der Waals surface area contributed by atoms with Crippen LogP contribution in [0.4, 0.5) is 4.39 Å². The van der Waals surface area contributed by atoms with E-state index < -0.39 is 39.8 Å². The number of nitrogens with zero attached hydrogens (tertiary/aromatic N) is 1. The number of benzene rings is 1. The van der Waals surface area contributed by atoms with E-state index in [4.69, 9.17) is 0 Å². The molecule has 26 heavy (non-hydrogen) atoms. The lowest BCUT2D eigenvalue weighted by atomic mass is 10.0. The monoisotopic (exact) mass is 386 g/mol. The highest BCUT2D eigenvalue weighted by Crippen LogP contribution is 2.26. The van der Waals surface area contributed by atoms with Gasteiger partial charge in [0.25, 0.3) is 0 Å². The van der Waals surface area contributed by atoms with Crippen molar-refractivity contribution in [3.8, 4) is 0 Å². The number of aliphatic carboxylic acids is 1. The summed E-state index contributed by atoms with van der Waals surface area (Å²) >= 11 is 0. The van der Waals surface area contributed by atoms with Crippen molar-refractivity contribution < 1.29 is 27.5 Å². The van der Waals surface area contributed by atoms with Gasteiger partial charge >= 0.3 is 5.97 Å². The Kier molecular flexibility index (Phi) is 6.35. The van der Waals surface area contributed by atoms with Crippen LogP contribution in [-0.4, -0.2) is 48.3 Å². The van der Waals surface area contributed by atoms with Crippen LogP contribution in [0.3, 0.4) is 0 Å². The number of sulfonamides is 1. The molecule has 0 saturated carbocycles. The number of hydrogen-bond donors (Lipinski definition) is 2. The number of carboxylic acid groups (broad SMARTS) is 1. The molecule has 1 amide bonds. The minimum atomic E-state index is -3.99. The van der Waals surface area contributed by atoms with Crippen molar-refractivity contribution in [1.29, 1.82) is 0 Å². The fourth-order valence-corrected chi connectivity index (χ4v) is 4.62. The van der Waals surface area contributed by atoms with Crippen molar-refractivity contribution in [2.45, 2.75) is 50.1 Å². The molecule has 7 nitrogen and oxygen atoms in total. The quantitative estimate of drug-likeness (QED) is 0.773. The van der Waals surface area contributed by atoms with E-state index >= 15 is 0 Å². The van der Waals surface area contributed by atoms with Gasteiger partial charge in [0, 0.05) is 6.54 Å². The van der Waals surface area contributed by atoms with Crippen molar-refractivity contribution >= 4 is 21.9 Å². The van der Waals surface area contributed by atoms with E-state index in [1.54, 1.807) is 13.8 Å². The minimum absolute atomic E-state index is 0.0998. The predicted molar refractivity (Wildman–Crippen MR) is 92.3 cm³/mol. The smallest absolute Gasteiger partial charge is 0.326 e. The van der Waals surface area contributed by atoms with Gasteiger partial charge in [-0.2, -0.15) is 4.31 Å². The van der Waals surface area contributed by atoms with E-state index in [0.29, 0.717) is 19.3 Å². The molecule has 0 spiro atoms. The molecular weight excluding hydrogens is 363 g/mol. The third kappa shape index (κ3) is 4.39. The first-order valence-electron chi connectivity index (χ1n) is 8.45. The third-order valence-electron chi connectivity index (χ3n) is 4.41. The van der Waals surface area contributed by atoms with Crippen LogP contribution in [0, 0.1) is 11.7 Å². The van der Waals surface area contributed by atoms with Crippen molar-refractivity contribution in [2.24, 2.45) is 5.92 Å². The van der Waals surface area contributed by atoms with Gasteiger partial charge < -0.3 is 10.4 Å². The Morgan fingerprint density at radius 3 is 2.38 bits per heavy atom. The van der Waals surface area contributed by atoms with Crippen LogP contribution in [0.2, 0.25) is 0 Å². The molecular formula is C17H23FN2O5S. The molecule has 2 N–H and O–H groups in total. The van der Waals surface area contributed by atoms with Crippen LogP contribution in [-0.2, 0) is 19.6 Å². The topological polar surface area (TPSA) is 104 Å². The Hall–Kier alpha value is -2.00. The molecule has 0 bridgehead atoms. The summed E-state index contributed by atoms with van der Waals surface area (Å²) in [5.41, 5.74) is 0. The first-order valence-corrected chi connectivity index (χ1v) is 9.89. The van der Waals surface area contributed by atoms with Crippen LogP contribution >= 0.6 is 0 Å². The molecule has 1 aliphatic heterocycles. The van der Waals surface area contributed by atoms with Crippen LogP contribution in [0.5, 0.6) is 0 Å². The summed E-state index contributed by atoms with van der Waals surface area (Å²) in [6.45, 7) is 3.47. The maximum atomic E-state index is 13.1. The number of amides is 1. The van der Waals surface area contributed by atoms with Crippen LogP contribution in [0.25, 0.3) is 0 Å². The summed E-state index contributed by atoms with van der Waals surface area (Å²) in [5.74, 6) is -2.70. The molecule has 0 unspecified atom stereocenters. The zero-order chi connectivity index (χ0) is 19.5. The molecule has 0 radical (unpaired) electrons. The lowest BCUT2D eigenvalue weighted by Crippen LogP contribution is -2.55. The fourth-order valence-electron chi connectivity index (χ4n) is 2.96. The minimum Gasteiger partial charge on any atom is -0.480 e. The number of halogens is 1. The molecule has 1 fully saturated rings. The van der Waals surface area contributed by atoms with Gasteiger partial charge in [0.2, 0.25) is 15.9 Å². The maximum Gasteiger partial charge on any atom is 0.326 e. The summed E-state index contributed by atoms with van der Waals surface area (Å²) in [7, 11) is -3.99.